The quantitative estimate of drug-likeness (QED) is 0.616. The van der Waals surface area contributed by atoms with Crippen LogP contribution in [0.5, 0.6) is 23.0 Å². The summed E-state index contributed by atoms with van der Waals surface area (Å²) in [6.45, 7) is 0.0681. The van der Waals surface area contributed by atoms with Crippen LogP contribution in [-0.4, -0.2) is 44.5 Å². The molecule has 29 heavy (non-hydrogen) atoms. The second-order valence-electron chi connectivity index (χ2n) is 5.87. The van der Waals surface area contributed by atoms with Crippen LogP contribution in [0.3, 0.4) is 0 Å². The standard InChI is InChI=1S/C20H21N3O6/c1-25-14-7-13(8-15(10-14)26-2)20(24)21-11-18-22-19(23-29-18)12-5-6-16(27-3)17(9-12)28-4/h5-10H,11H2,1-4H3,(H,21,24). The SMILES string of the molecule is COc1cc(OC)cc(C(=O)NCc2nc(-c3ccc(OC)c(OC)c3)no2)c1. The molecule has 9 nitrogen and oxygen atoms in total. The van der Waals surface area contributed by atoms with E-state index in [-0.39, 0.29) is 18.3 Å². The summed E-state index contributed by atoms with van der Waals surface area (Å²) in [6.07, 6.45) is 0. The molecule has 9 heteroatoms. The van der Waals surface area contributed by atoms with Crippen LogP contribution in [0.15, 0.2) is 40.9 Å². The Morgan fingerprint density at radius 1 is 0.931 bits per heavy atom. The second-order valence-corrected chi connectivity index (χ2v) is 5.87. The molecule has 0 saturated heterocycles. The summed E-state index contributed by atoms with van der Waals surface area (Å²) in [6, 6.07) is 10.2. The molecule has 1 heterocycles. The number of carbonyl (C=O) groups excluding carboxylic acids is 1. The van der Waals surface area contributed by atoms with Crippen molar-refractivity contribution >= 4 is 5.91 Å². The lowest BCUT2D eigenvalue weighted by Gasteiger charge is -2.08. The van der Waals surface area contributed by atoms with Gasteiger partial charge in [0.2, 0.25) is 11.7 Å². The fourth-order valence-electron chi connectivity index (χ4n) is 2.62. The van der Waals surface area contributed by atoms with Crippen molar-refractivity contribution in [2.45, 2.75) is 6.54 Å². The summed E-state index contributed by atoms with van der Waals surface area (Å²) in [7, 11) is 6.14. The van der Waals surface area contributed by atoms with Crippen LogP contribution < -0.4 is 24.3 Å². The first-order valence-corrected chi connectivity index (χ1v) is 8.64. The van der Waals surface area contributed by atoms with Gasteiger partial charge in [0.1, 0.15) is 11.5 Å². The largest absolute Gasteiger partial charge is 0.497 e. The van der Waals surface area contributed by atoms with E-state index in [1.54, 1.807) is 50.6 Å². The zero-order chi connectivity index (χ0) is 20.8. The van der Waals surface area contributed by atoms with Crippen molar-refractivity contribution in [3.05, 3.63) is 47.9 Å². The summed E-state index contributed by atoms with van der Waals surface area (Å²) in [5.41, 5.74) is 1.09. The van der Waals surface area contributed by atoms with Gasteiger partial charge in [0.25, 0.3) is 5.91 Å². The third-order valence-electron chi connectivity index (χ3n) is 4.12. The number of ether oxygens (including phenoxy) is 4. The van der Waals surface area contributed by atoms with Gasteiger partial charge in [-0.25, -0.2) is 0 Å². The van der Waals surface area contributed by atoms with E-state index in [0.717, 1.165) is 0 Å². The van der Waals surface area contributed by atoms with Gasteiger partial charge in [-0.3, -0.25) is 4.79 Å². The van der Waals surface area contributed by atoms with Crippen molar-refractivity contribution in [2.75, 3.05) is 28.4 Å². The van der Waals surface area contributed by atoms with Crippen LogP contribution in [0.2, 0.25) is 0 Å². The molecule has 3 rings (SSSR count). The number of benzene rings is 2. The molecule has 2 aromatic carbocycles. The number of hydrogen-bond acceptors (Lipinski definition) is 8. The Labute approximate surface area is 167 Å². The van der Waals surface area contributed by atoms with E-state index in [4.69, 9.17) is 23.5 Å². The number of rotatable bonds is 8. The molecule has 0 saturated carbocycles. The molecule has 0 bridgehead atoms. The molecule has 0 aliphatic heterocycles. The van der Waals surface area contributed by atoms with Gasteiger partial charge in [0, 0.05) is 17.2 Å². The fourth-order valence-corrected chi connectivity index (χ4v) is 2.62. The molecule has 0 spiro atoms. The summed E-state index contributed by atoms with van der Waals surface area (Å²) < 4.78 is 26.1. The van der Waals surface area contributed by atoms with Gasteiger partial charge in [0.05, 0.1) is 35.0 Å². The lowest BCUT2D eigenvalue weighted by atomic mass is 10.2. The molecular weight excluding hydrogens is 378 g/mol. The number of nitrogens with zero attached hydrogens (tertiary/aromatic N) is 2. The first kappa shape index (κ1) is 20.0. The molecule has 3 aromatic rings. The lowest BCUT2D eigenvalue weighted by molar-refractivity contribution is 0.0945. The number of methoxy groups -OCH3 is 4. The van der Waals surface area contributed by atoms with Gasteiger partial charge < -0.3 is 28.8 Å². The minimum atomic E-state index is -0.326. The normalized spacial score (nSPS) is 10.3. The van der Waals surface area contributed by atoms with E-state index in [9.17, 15) is 4.79 Å². The average Bonchev–Trinajstić information content (AvgIpc) is 3.25. The van der Waals surface area contributed by atoms with Crippen molar-refractivity contribution < 1.29 is 28.3 Å². The third kappa shape index (κ3) is 4.57. The number of carbonyl (C=O) groups is 1. The summed E-state index contributed by atoms with van der Waals surface area (Å²) in [4.78, 5) is 16.7. The number of hydrogen-bond donors (Lipinski definition) is 1. The van der Waals surface area contributed by atoms with Crippen molar-refractivity contribution in [3.8, 4) is 34.4 Å². The minimum Gasteiger partial charge on any atom is -0.497 e. The maximum absolute atomic E-state index is 12.4. The molecule has 0 unspecified atom stereocenters. The maximum Gasteiger partial charge on any atom is 0.251 e. The first-order valence-electron chi connectivity index (χ1n) is 8.64. The Morgan fingerprint density at radius 2 is 1.62 bits per heavy atom. The highest BCUT2D eigenvalue weighted by atomic mass is 16.5. The predicted molar refractivity (Wildman–Crippen MR) is 104 cm³/mol. The molecule has 0 aliphatic carbocycles. The minimum absolute atomic E-state index is 0.0681. The van der Waals surface area contributed by atoms with Crippen molar-refractivity contribution in [2.24, 2.45) is 0 Å². The number of aromatic nitrogens is 2. The molecule has 0 atom stereocenters. The highest BCUT2D eigenvalue weighted by molar-refractivity contribution is 5.95. The topological polar surface area (TPSA) is 105 Å². The number of amides is 1. The third-order valence-corrected chi connectivity index (χ3v) is 4.12. The van der Waals surface area contributed by atoms with E-state index in [2.05, 4.69) is 15.5 Å². The van der Waals surface area contributed by atoms with E-state index in [1.165, 1.54) is 14.2 Å². The van der Waals surface area contributed by atoms with Gasteiger partial charge in [-0.2, -0.15) is 4.98 Å². The van der Waals surface area contributed by atoms with Gasteiger partial charge in [-0.05, 0) is 30.3 Å². The molecule has 1 amide bonds. The highest BCUT2D eigenvalue weighted by Crippen LogP contribution is 2.31. The molecule has 1 aromatic heterocycles. The smallest absolute Gasteiger partial charge is 0.251 e. The number of nitrogens with one attached hydrogen (secondary N) is 1. The highest BCUT2D eigenvalue weighted by Gasteiger charge is 2.14. The van der Waals surface area contributed by atoms with Crippen LogP contribution >= 0.6 is 0 Å². The van der Waals surface area contributed by atoms with Gasteiger partial charge in [-0.15, -0.1) is 0 Å². The van der Waals surface area contributed by atoms with Crippen molar-refractivity contribution in [1.82, 2.24) is 15.5 Å². The lowest BCUT2D eigenvalue weighted by Crippen LogP contribution is -2.23. The molecule has 0 aliphatic rings. The molecule has 0 fully saturated rings. The van der Waals surface area contributed by atoms with Crippen molar-refractivity contribution in [1.29, 1.82) is 0 Å². The predicted octanol–water partition coefficient (Wildman–Crippen LogP) is 2.70. The van der Waals surface area contributed by atoms with Gasteiger partial charge in [-0.1, -0.05) is 5.16 Å². The van der Waals surface area contributed by atoms with Gasteiger partial charge >= 0.3 is 0 Å². The first-order chi connectivity index (χ1) is 14.1. The fraction of sp³-hybridized carbons (Fsp3) is 0.250. The van der Waals surface area contributed by atoms with Crippen LogP contribution in [0, 0.1) is 0 Å². The van der Waals surface area contributed by atoms with E-state index < -0.39 is 0 Å². The zero-order valence-corrected chi connectivity index (χ0v) is 16.5. The molecular formula is C20H21N3O6. The van der Waals surface area contributed by atoms with E-state index >= 15 is 0 Å². The summed E-state index contributed by atoms with van der Waals surface area (Å²) in [5.74, 6) is 2.49. The zero-order valence-electron chi connectivity index (χ0n) is 16.5. The Kier molecular flexibility index (Phi) is 6.18. The Balaban J connectivity index is 1.70. The summed E-state index contributed by atoms with van der Waals surface area (Å²) in [5, 5.41) is 6.68. The average molecular weight is 399 g/mol. The monoisotopic (exact) mass is 399 g/mol. The molecule has 1 N–H and O–H groups in total. The molecule has 0 radical (unpaired) electrons. The summed E-state index contributed by atoms with van der Waals surface area (Å²) >= 11 is 0. The molecule has 152 valence electrons. The van der Waals surface area contributed by atoms with E-state index in [1.807, 2.05) is 0 Å². The van der Waals surface area contributed by atoms with Crippen molar-refractivity contribution in [3.63, 3.8) is 0 Å². The Bertz CT molecular complexity index is 979. The Morgan fingerprint density at radius 3 is 2.24 bits per heavy atom. The van der Waals surface area contributed by atoms with Crippen LogP contribution in [0.1, 0.15) is 16.2 Å². The van der Waals surface area contributed by atoms with Crippen LogP contribution in [0.25, 0.3) is 11.4 Å². The van der Waals surface area contributed by atoms with Gasteiger partial charge in [0.15, 0.2) is 11.5 Å². The van der Waals surface area contributed by atoms with Crippen LogP contribution in [0.4, 0.5) is 0 Å². The van der Waals surface area contributed by atoms with Crippen LogP contribution in [-0.2, 0) is 6.54 Å². The maximum atomic E-state index is 12.4. The Hall–Kier alpha value is -3.75. The van der Waals surface area contributed by atoms with E-state index in [0.29, 0.717) is 39.9 Å². The second kappa shape index (κ2) is 8.96.